The second-order valence-electron chi connectivity index (χ2n) is 4.59. The quantitative estimate of drug-likeness (QED) is 0.648. The van der Waals surface area contributed by atoms with Crippen LogP contribution in [0.1, 0.15) is 30.3 Å². The van der Waals surface area contributed by atoms with Crippen molar-refractivity contribution in [2.45, 2.75) is 29.4 Å². The van der Waals surface area contributed by atoms with Gasteiger partial charge in [-0.25, -0.2) is 4.98 Å². The Balaban J connectivity index is 1.79. The molecular formula is C14H13IN2OS. The topological polar surface area (TPSA) is 45.8 Å². The van der Waals surface area contributed by atoms with Gasteiger partial charge in [-0.05, 0) is 47.6 Å². The molecule has 98 valence electrons. The van der Waals surface area contributed by atoms with Crippen LogP contribution in [-0.4, -0.2) is 9.97 Å². The molecule has 0 unspecified atom stereocenters. The minimum Gasteiger partial charge on any atom is -0.309 e. The molecule has 2 aromatic rings. The van der Waals surface area contributed by atoms with Crippen molar-refractivity contribution in [1.82, 2.24) is 9.97 Å². The lowest BCUT2D eigenvalue weighted by Crippen LogP contribution is -2.17. The Bertz CT molecular complexity index is 638. The van der Waals surface area contributed by atoms with E-state index in [4.69, 9.17) is 0 Å². The average Bonchev–Trinajstić information content (AvgIpc) is 3.25. The van der Waals surface area contributed by atoms with Crippen LogP contribution in [0.4, 0.5) is 0 Å². The van der Waals surface area contributed by atoms with Crippen LogP contribution in [0, 0.1) is 3.57 Å². The summed E-state index contributed by atoms with van der Waals surface area (Å²) in [5.74, 6) is 1.99. The van der Waals surface area contributed by atoms with Gasteiger partial charge in [0.2, 0.25) is 0 Å². The standard InChI is InChI=1S/C14H13IN2OS/c15-12-13(9-6-7-9)16-11(17-14(12)18)8-19-10-4-2-1-3-5-10/h1-5,9H,6-8H2,(H,16,17,18). The third-order valence-electron chi connectivity index (χ3n) is 3.02. The Morgan fingerprint density at radius 2 is 2.05 bits per heavy atom. The number of H-pyrrole nitrogens is 1. The Labute approximate surface area is 129 Å². The molecule has 1 heterocycles. The lowest BCUT2D eigenvalue weighted by atomic mass is 10.3. The van der Waals surface area contributed by atoms with Gasteiger partial charge in [0.25, 0.3) is 5.56 Å². The Kier molecular flexibility index (Phi) is 3.93. The molecule has 1 N–H and O–H groups in total. The van der Waals surface area contributed by atoms with Crippen LogP contribution in [0.25, 0.3) is 0 Å². The van der Waals surface area contributed by atoms with E-state index in [1.165, 1.54) is 4.90 Å². The first kappa shape index (κ1) is 13.2. The number of rotatable bonds is 4. The van der Waals surface area contributed by atoms with E-state index in [0.29, 0.717) is 11.7 Å². The normalized spacial score (nSPS) is 14.6. The molecule has 3 nitrogen and oxygen atoms in total. The molecular weight excluding hydrogens is 371 g/mol. The molecule has 0 aliphatic heterocycles. The van der Waals surface area contributed by atoms with E-state index in [-0.39, 0.29) is 5.56 Å². The highest BCUT2D eigenvalue weighted by molar-refractivity contribution is 14.1. The molecule has 0 bridgehead atoms. The highest BCUT2D eigenvalue weighted by atomic mass is 127. The molecule has 0 saturated heterocycles. The van der Waals surface area contributed by atoms with Gasteiger partial charge in [-0.3, -0.25) is 4.79 Å². The van der Waals surface area contributed by atoms with Gasteiger partial charge < -0.3 is 4.98 Å². The molecule has 1 saturated carbocycles. The van der Waals surface area contributed by atoms with Crippen LogP contribution in [0.5, 0.6) is 0 Å². The zero-order valence-corrected chi connectivity index (χ0v) is 13.2. The molecule has 1 aliphatic rings. The number of hydrogen-bond donors (Lipinski definition) is 1. The summed E-state index contributed by atoms with van der Waals surface area (Å²) >= 11 is 3.80. The smallest absolute Gasteiger partial charge is 0.264 e. The number of halogens is 1. The Morgan fingerprint density at radius 1 is 1.32 bits per heavy atom. The van der Waals surface area contributed by atoms with Gasteiger partial charge in [-0.1, -0.05) is 18.2 Å². The van der Waals surface area contributed by atoms with Crippen molar-refractivity contribution in [1.29, 1.82) is 0 Å². The van der Waals surface area contributed by atoms with Gasteiger partial charge in [-0.15, -0.1) is 11.8 Å². The molecule has 0 atom stereocenters. The summed E-state index contributed by atoms with van der Waals surface area (Å²) in [6, 6.07) is 10.2. The summed E-state index contributed by atoms with van der Waals surface area (Å²) in [5, 5.41) is 0. The molecule has 0 spiro atoms. The minimum atomic E-state index is 0.00108. The molecule has 0 amide bonds. The third kappa shape index (κ3) is 3.20. The summed E-state index contributed by atoms with van der Waals surface area (Å²) in [4.78, 5) is 20.6. The average molecular weight is 384 g/mol. The van der Waals surface area contributed by atoms with Gasteiger partial charge in [-0.2, -0.15) is 0 Å². The number of benzene rings is 1. The van der Waals surface area contributed by atoms with Gasteiger partial charge in [0.15, 0.2) is 0 Å². The van der Waals surface area contributed by atoms with E-state index < -0.39 is 0 Å². The number of aromatic amines is 1. The monoisotopic (exact) mass is 384 g/mol. The predicted octanol–water partition coefficient (Wildman–Crippen LogP) is 3.54. The maximum atomic E-state index is 11.9. The predicted molar refractivity (Wildman–Crippen MR) is 85.6 cm³/mol. The lowest BCUT2D eigenvalue weighted by Gasteiger charge is -2.05. The molecule has 3 rings (SSSR count). The lowest BCUT2D eigenvalue weighted by molar-refractivity contribution is 0.897. The van der Waals surface area contributed by atoms with Crippen LogP contribution in [-0.2, 0) is 5.75 Å². The largest absolute Gasteiger partial charge is 0.309 e. The molecule has 1 aliphatic carbocycles. The minimum absolute atomic E-state index is 0.00108. The fourth-order valence-electron chi connectivity index (χ4n) is 1.89. The van der Waals surface area contributed by atoms with Crippen molar-refractivity contribution in [2.24, 2.45) is 0 Å². The van der Waals surface area contributed by atoms with E-state index in [9.17, 15) is 4.79 Å². The van der Waals surface area contributed by atoms with Crippen LogP contribution in [0.2, 0.25) is 0 Å². The van der Waals surface area contributed by atoms with Crippen LogP contribution in [0.3, 0.4) is 0 Å². The van der Waals surface area contributed by atoms with Crippen LogP contribution < -0.4 is 5.56 Å². The van der Waals surface area contributed by atoms with Crippen molar-refractivity contribution < 1.29 is 0 Å². The SMILES string of the molecule is O=c1[nH]c(CSc2ccccc2)nc(C2CC2)c1I. The summed E-state index contributed by atoms with van der Waals surface area (Å²) in [7, 11) is 0. The number of thioether (sulfide) groups is 1. The molecule has 1 aromatic carbocycles. The van der Waals surface area contributed by atoms with Gasteiger partial charge in [0.05, 0.1) is 15.0 Å². The fraction of sp³-hybridized carbons (Fsp3) is 0.286. The summed E-state index contributed by atoms with van der Waals surface area (Å²) < 4.78 is 0.758. The highest BCUT2D eigenvalue weighted by Gasteiger charge is 2.28. The number of nitrogens with zero attached hydrogens (tertiary/aromatic N) is 1. The second kappa shape index (κ2) is 5.66. The third-order valence-corrected chi connectivity index (χ3v) is 5.09. The van der Waals surface area contributed by atoms with Gasteiger partial charge in [0.1, 0.15) is 5.82 Å². The molecule has 0 radical (unpaired) electrons. The summed E-state index contributed by atoms with van der Waals surface area (Å²) in [6.45, 7) is 0. The summed E-state index contributed by atoms with van der Waals surface area (Å²) in [5.41, 5.74) is 0.995. The van der Waals surface area contributed by atoms with Crippen molar-refractivity contribution in [2.75, 3.05) is 0 Å². The van der Waals surface area contributed by atoms with Crippen molar-refractivity contribution in [3.63, 3.8) is 0 Å². The van der Waals surface area contributed by atoms with E-state index in [0.717, 1.165) is 27.9 Å². The van der Waals surface area contributed by atoms with Crippen molar-refractivity contribution >= 4 is 34.4 Å². The van der Waals surface area contributed by atoms with E-state index >= 15 is 0 Å². The first-order valence-corrected chi connectivity index (χ1v) is 8.27. The zero-order chi connectivity index (χ0) is 13.2. The fourth-order valence-corrected chi connectivity index (χ4v) is 3.37. The van der Waals surface area contributed by atoms with Crippen molar-refractivity contribution in [3.8, 4) is 0 Å². The number of aromatic nitrogens is 2. The second-order valence-corrected chi connectivity index (χ2v) is 6.72. The van der Waals surface area contributed by atoms with Gasteiger partial charge >= 0.3 is 0 Å². The summed E-state index contributed by atoms with van der Waals surface area (Å²) in [6.07, 6.45) is 2.33. The van der Waals surface area contributed by atoms with E-state index in [2.05, 4.69) is 44.7 Å². The van der Waals surface area contributed by atoms with Crippen LogP contribution >= 0.6 is 34.4 Å². The van der Waals surface area contributed by atoms with Gasteiger partial charge in [0, 0.05) is 10.8 Å². The molecule has 5 heteroatoms. The maximum Gasteiger partial charge on any atom is 0.264 e. The Hall–Kier alpha value is -0.820. The molecule has 19 heavy (non-hydrogen) atoms. The van der Waals surface area contributed by atoms with Crippen LogP contribution in [0.15, 0.2) is 40.0 Å². The van der Waals surface area contributed by atoms with E-state index in [1.807, 2.05) is 18.2 Å². The first-order chi connectivity index (χ1) is 9.24. The van der Waals surface area contributed by atoms with Crippen molar-refractivity contribution in [3.05, 3.63) is 55.8 Å². The Morgan fingerprint density at radius 3 is 2.74 bits per heavy atom. The molecule has 1 aromatic heterocycles. The number of nitrogens with one attached hydrogen (secondary N) is 1. The van der Waals surface area contributed by atoms with E-state index in [1.54, 1.807) is 11.8 Å². The maximum absolute atomic E-state index is 11.9. The number of hydrogen-bond acceptors (Lipinski definition) is 3. The highest BCUT2D eigenvalue weighted by Crippen LogP contribution is 2.40. The zero-order valence-electron chi connectivity index (χ0n) is 10.2. The first-order valence-electron chi connectivity index (χ1n) is 6.20. The molecule has 1 fully saturated rings.